The summed E-state index contributed by atoms with van der Waals surface area (Å²) in [5.41, 5.74) is 0.709. The summed E-state index contributed by atoms with van der Waals surface area (Å²) in [6.07, 6.45) is 2.43. The standard InChI is InChI=1S/C17H21BrN4O2/c18-15-2-4-16(5-3-15)21-17(23)14(12-19)13-20-6-1-7-22-8-10-24-11-9-22/h2-5,13,20H,1,6-11H2,(H,21,23)/b14-13-. The molecule has 0 spiro atoms. The molecule has 1 aromatic rings. The number of hydrogen-bond donors (Lipinski definition) is 2. The lowest BCUT2D eigenvalue weighted by Gasteiger charge is -2.26. The van der Waals surface area contributed by atoms with Gasteiger partial charge < -0.3 is 15.4 Å². The molecule has 1 amide bonds. The fourth-order valence-electron chi connectivity index (χ4n) is 2.28. The van der Waals surface area contributed by atoms with Crippen molar-refractivity contribution in [2.45, 2.75) is 6.42 Å². The Morgan fingerprint density at radius 3 is 2.71 bits per heavy atom. The number of nitrogens with zero attached hydrogens (tertiary/aromatic N) is 2. The number of benzene rings is 1. The highest BCUT2D eigenvalue weighted by molar-refractivity contribution is 9.10. The van der Waals surface area contributed by atoms with Crippen molar-refractivity contribution in [3.8, 4) is 6.07 Å². The Bertz CT molecular complexity index is 604. The molecular weight excluding hydrogens is 372 g/mol. The first-order chi connectivity index (χ1) is 11.7. The minimum atomic E-state index is -0.416. The third-order valence-corrected chi connectivity index (χ3v) is 4.14. The number of carbonyl (C=O) groups excluding carboxylic acids is 1. The molecule has 24 heavy (non-hydrogen) atoms. The number of carbonyl (C=O) groups is 1. The lowest BCUT2D eigenvalue weighted by Crippen LogP contribution is -2.37. The zero-order valence-electron chi connectivity index (χ0n) is 13.4. The van der Waals surface area contributed by atoms with Gasteiger partial charge in [0.15, 0.2) is 0 Å². The van der Waals surface area contributed by atoms with Crippen LogP contribution in [0.2, 0.25) is 0 Å². The molecule has 1 aromatic carbocycles. The molecule has 0 saturated carbocycles. The second-order valence-corrected chi connectivity index (χ2v) is 6.31. The van der Waals surface area contributed by atoms with E-state index in [-0.39, 0.29) is 5.57 Å². The van der Waals surface area contributed by atoms with E-state index in [0.717, 1.165) is 43.7 Å². The summed E-state index contributed by atoms with van der Waals surface area (Å²) in [4.78, 5) is 14.4. The van der Waals surface area contributed by atoms with Gasteiger partial charge in [0.05, 0.1) is 13.2 Å². The average molecular weight is 393 g/mol. The van der Waals surface area contributed by atoms with E-state index in [4.69, 9.17) is 10.00 Å². The monoisotopic (exact) mass is 392 g/mol. The Labute approximate surface area is 150 Å². The molecule has 2 rings (SSSR count). The number of halogens is 1. The highest BCUT2D eigenvalue weighted by Gasteiger charge is 2.10. The molecule has 6 nitrogen and oxygen atoms in total. The van der Waals surface area contributed by atoms with Crippen LogP contribution < -0.4 is 10.6 Å². The molecule has 1 heterocycles. The van der Waals surface area contributed by atoms with Crippen molar-refractivity contribution >= 4 is 27.5 Å². The second kappa shape index (κ2) is 10.1. The molecule has 7 heteroatoms. The van der Waals surface area contributed by atoms with E-state index in [0.29, 0.717) is 12.2 Å². The van der Waals surface area contributed by atoms with Gasteiger partial charge >= 0.3 is 0 Å². The van der Waals surface area contributed by atoms with Crippen LogP contribution in [0, 0.1) is 11.3 Å². The van der Waals surface area contributed by atoms with Crippen LogP contribution in [0.25, 0.3) is 0 Å². The minimum absolute atomic E-state index is 0.0595. The molecule has 128 valence electrons. The predicted octanol–water partition coefficient (Wildman–Crippen LogP) is 2.11. The Hall–Kier alpha value is -1.88. The van der Waals surface area contributed by atoms with E-state index in [2.05, 4.69) is 31.5 Å². The third kappa shape index (κ3) is 6.32. The first-order valence-electron chi connectivity index (χ1n) is 7.90. The summed E-state index contributed by atoms with van der Waals surface area (Å²) in [7, 11) is 0. The lowest BCUT2D eigenvalue weighted by atomic mass is 10.2. The van der Waals surface area contributed by atoms with Crippen molar-refractivity contribution in [3.05, 3.63) is 40.5 Å². The Balaban J connectivity index is 1.73. The van der Waals surface area contributed by atoms with Crippen molar-refractivity contribution in [1.29, 1.82) is 5.26 Å². The predicted molar refractivity (Wildman–Crippen MR) is 96.3 cm³/mol. The number of nitriles is 1. The van der Waals surface area contributed by atoms with Crippen molar-refractivity contribution in [1.82, 2.24) is 10.2 Å². The number of nitrogens with one attached hydrogen (secondary N) is 2. The number of rotatable bonds is 7. The van der Waals surface area contributed by atoms with Crippen LogP contribution in [-0.4, -0.2) is 50.2 Å². The number of morpholine rings is 1. The van der Waals surface area contributed by atoms with Gasteiger partial charge in [-0.1, -0.05) is 15.9 Å². The van der Waals surface area contributed by atoms with Gasteiger partial charge in [0.2, 0.25) is 0 Å². The van der Waals surface area contributed by atoms with E-state index in [9.17, 15) is 4.79 Å². The van der Waals surface area contributed by atoms with Crippen molar-refractivity contribution in [3.63, 3.8) is 0 Å². The van der Waals surface area contributed by atoms with Crippen LogP contribution in [0.3, 0.4) is 0 Å². The third-order valence-electron chi connectivity index (χ3n) is 3.61. The van der Waals surface area contributed by atoms with Crippen molar-refractivity contribution in [2.75, 3.05) is 44.7 Å². The van der Waals surface area contributed by atoms with Crippen LogP contribution in [0.4, 0.5) is 5.69 Å². The van der Waals surface area contributed by atoms with Gasteiger partial charge in [-0.3, -0.25) is 9.69 Å². The minimum Gasteiger partial charge on any atom is -0.390 e. The SMILES string of the molecule is N#C/C(=C/NCCCN1CCOCC1)C(=O)Nc1ccc(Br)cc1. The molecule has 1 aliphatic rings. The van der Waals surface area contributed by atoms with Crippen LogP contribution in [0.5, 0.6) is 0 Å². The highest BCUT2D eigenvalue weighted by atomic mass is 79.9. The molecule has 0 radical (unpaired) electrons. The maximum atomic E-state index is 12.1. The van der Waals surface area contributed by atoms with E-state index in [1.165, 1.54) is 6.20 Å². The molecule has 2 N–H and O–H groups in total. The van der Waals surface area contributed by atoms with Crippen molar-refractivity contribution in [2.24, 2.45) is 0 Å². The number of anilines is 1. The zero-order chi connectivity index (χ0) is 17.2. The quantitative estimate of drug-likeness (QED) is 0.422. The fourth-order valence-corrected chi connectivity index (χ4v) is 2.55. The van der Waals surface area contributed by atoms with Gasteiger partial charge in [-0.25, -0.2) is 0 Å². The summed E-state index contributed by atoms with van der Waals surface area (Å²) in [5.74, 6) is -0.416. The van der Waals surface area contributed by atoms with Gasteiger partial charge in [-0.2, -0.15) is 5.26 Å². The number of ether oxygens (including phenoxy) is 1. The number of hydrogen-bond acceptors (Lipinski definition) is 5. The Morgan fingerprint density at radius 1 is 1.33 bits per heavy atom. The van der Waals surface area contributed by atoms with E-state index < -0.39 is 5.91 Å². The molecule has 0 bridgehead atoms. The average Bonchev–Trinajstić information content (AvgIpc) is 2.61. The molecule has 0 aromatic heterocycles. The Morgan fingerprint density at radius 2 is 2.04 bits per heavy atom. The lowest BCUT2D eigenvalue weighted by molar-refractivity contribution is -0.112. The molecule has 0 unspecified atom stereocenters. The molecule has 0 atom stereocenters. The van der Waals surface area contributed by atoms with Gasteiger partial charge in [0, 0.05) is 36.0 Å². The molecule has 1 fully saturated rings. The van der Waals surface area contributed by atoms with Crippen LogP contribution >= 0.6 is 15.9 Å². The highest BCUT2D eigenvalue weighted by Crippen LogP contribution is 2.14. The van der Waals surface area contributed by atoms with Crippen molar-refractivity contribution < 1.29 is 9.53 Å². The largest absolute Gasteiger partial charge is 0.390 e. The molecule has 0 aliphatic carbocycles. The summed E-state index contributed by atoms with van der Waals surface area (Å²) < 4.78 is 6.23. The van der Waals surface area contributed by atoms with E-state index in [1.54, 1.807) is 12.1 Å². The first kappa shape index (κ1) is 18.5. The summed E-state index contributed by atoms with van der Waals surface area (Å²) in [5, 5.41) is 14.9. The normalized spacial score (nSPS) is 15.6. The first-order valence-corrected chi connectivity index (χ1v) is 8.69. The Kier molecular flexibility index (Phi) is 7.75. The fraction of sp³-hybridized carbons (Fsp3) is 0.412. The van der Waals surface area contributed by atoms with E-state index in [1.807, 2.05) is 18.2 Å². The smallest absolute Gasteiger partial charge is 0.267 e. The maximum absolute atomic E-state index is 12.1. The molecule has 1 saturated heterocycles. The van der Waals surface area contributed by atoms with Crippen LogP contribution in [0.15, 0.2) is 40.5 Å². The van der Waals surface area contributed by atoms with Crippen LogP contribution in [-0.2, 0) is 9.53 Å². The van der Waals surface area contributed by atoms with Gasteiger partial charge in [0.1, 0.15) is 11.6 Å². The second-order valence-electron chi connectivity index (χ2n) is 5.39. The zero-order valence-corrected chi connectivity index (χ0v) is 15.0. The van der Waals surface area contributed by atoms with Crippen LogP contribution in [0.1, 0.15) is 6.42 Å². The van der Waals surface area contributed by atoms with Gasteiger partial charge in [-0.15, -0.1) is 0 Å². The van der Waals surface area contributed by atoms with E-state index >= 15 is 0 Å². The molecular formula is C17H21BrN4O2. The topological polar surface area (TPSA) is 77.4 Å². The van der Waals surface area contributed by atoms with Gasteiger partial charge in [-0.05, 0) is 37.2 Å². The maximum Gasteiger partial charge on any atom is 0.267 e. The summed E-state index contributed by atoms with van der Waals surface area (Å²) >= 11 is 3.34. The number of amides is 1. The van der Waals surface area contributed by atoms with Gasteiger partial charge in [0.25, 0.3) is 5.91 Å². The summed E-state index contributed by atoms with van der Waals surface area (Å²) in [6, 6.07) is 9.12. The molecule has 1 aliphatic heterocycles. The summed E-state index contributed by atoms with van der Waals surface area (Å²) in [6.45, 7) is 5.22.